The molecular formula is C22H22F3N7. The van der Waals surface area contributed by atoms with Crippen molar-refractivity contribution in [3.8, 4) is 0 Å². The highest BCUT2D eigenvalue weighted by atomic mass is 19.3. The molecule has 1 aliphatic rings. The molecular weight excluding hydrogens is 419 g/mol. The smallest absolute Gasteiger partial charge is 0.266 e. The van der Waals surface area contributed by atoms with E-state index in [1.54, 1.807) is 13.3 Å². The van der Waals surface area contributed by atoms with Crippen molar-refractivity contribution in [2.75, 3.05) is 18.4 Å². The van der Waals surface area contributed by atoms with Gasteiger partial charge in [-0.25, -0.2) is 23.1 Å². The Kier molecular flexibility index (Phi) is 5.38. The molecule has 10 heteroatoms. The molecule has 1 saturated heterocycles. The number of benzene rings is 1. The van der Waals surface area contributed by atoms with Crippen LogP contribution in [0, 0.1) is 5.82 Å². The second kappa shape index (κ2) is 8.34. The van der Waals surface area contributed by atoms with Crippen LogP contribution in [0.15, 0.2) is 36.9 Å². The lowest BCUT2D eigenvalue weighted by Crippen LogP contribution is -2.27. The third-order valence-corrected chi connectivity index (χ3v) is 6.09. The van der Waals surface area contributed by atoms with Gasteiger partial charge in [0, 0.05) is 11.1 Å². The summed E-state index contributed by atoms with van der Waals surface area (Å²) in [5, 5.41) is 15.7. The third kappa shape index (κ3) is 3.54. The molecule has 1 atom stereocenters. The number of pyridine rings is 1. The monoisotopic (exact) mass is 441 g/mol. The van der Waals surface area contributed by atoms with Crippen LogP contribution in [0.25, 0.3) is 16.7 Å². The summed E-state index contributed by atoms with van der Waals surface area (Å²) in [7, 11) is 0. The molecule has 5 rings (SSSR count). The molecule has 4 aromatic rings. The minimum absolute atomic E-state index is 0.151. The second-order valence-corrected chi connectivity index (χ2v) is 8.03. The molecule has 3 aromatic heterocycles. The van der Waals surface area contributed by atoms with E-state index in [1.807, 2.05) is 10.5 Å². The maximum atomic E-state index is 14.7. The number of alkyl halides is 2. The molecule has 0 bridgehead atoms. The molecule has 1 aliphatic heterocycles. The van der Waals surface area contributed by atoms with E-state index in [0.29, 0.717) is 17.4 Å². The van der Waals surface area contributed by atoms with Crippen molar-refractivity contribution in [1.29, 1.82) is 0 Å². The fraction of sp³-hybridized carbons (Fsp3) is 0.364. The first-order valence-electron chi connectivity index (χ1n) is 10.6. The largest absolute Gasteiger partial charge is 0.363 e. The molecule has 0 radical (unpaired) electrons. The van der Waals surface area contributed by atoms with Gasteiger partial charge in [-0.15, -0.1) is 10.2 Å². The fourth-order valence-corrected chi connectivity index (χ4v) is 4.42. The number of nitrogens with one attached hydrogen (secondary N) is 2. The molecule has 0 unspecified atom stereocenters. The van der Waals surface area contributed by atoms with Crippen molar-refractivity contribution in [2.45, 2.75) is 38.2 Å². The Hall–Kier alpha value is -3.27. The van der Waals surface area contributed by atoms with E-state index in [4.69, 9.17) is 0 Å². The average Bonchev–Trinajstić information content (AvgIpc) is 3.29. The van der Waals surface area contributed by atoms with Crippen molar-refractivity contribution in [3.63, 3.8) is 0 Å². The van der Waals surface area contributed by atoms with Crippen LogP contribution in [-0.2, 0) is 0 Å². The Morgan fingerprint density at radius 1 is 1.12 bits per heavy atom. The summed E-state index contributed by atoms with van der Waals surface area (Å²) in [5.74, 6) is -0.0920. The van der Waals surface area contributed by atoms with Crippen molar-refractivity contribution in [2.24, 2.45) is 0 Å². The highest BCUT2D eigenvalue weighted by Gasteiger charge is 2.23. The van der Waals surface area contributed by atoms with Crippen molar-refractivity contribution >= 4 is 22.5 Å². The standard InChI is InChI=1S/C22H22F3N7/c1-12(14-3-2-4-15(18(14)23)19(24)25)30-20-17-9-16(13-5-7-26-8-6-13)22-31-29-11-32(22)21(17)28-10-27-20/h2-4,9-13,19,26H,5-8H2,1H3,(H,27,28,30)/t12-/m1/s1. The highest BCUT2D eigenvalue weighted by molar-refractivity contribution is 5.89. The first-order valence-corrected chi connectivity index (χ1v) is 10.6. The SMILES string of the molecule is C[C@@H](Nc1ncnc2c1cc(C1CCNCC1)c1nncn12)c1cccc(C(F)F)c1F. The number of halogens is 3. The minimum Gasteiger partial charge on any atom is -0.363 e. The zero-order chi connectivity index (χ0) is 22.2. The fourth-order valence-electron chi connectivity index (χ4n) is 4.42. The van der Waals surface area contributed by atoms with E-state index >= 15 is 0 Å². The van der Waals surface area contributed by atoms with E-state index in [-0.39, 0.29) is 5.56 Å². The van der Waals surface area contributed by atoms with Gasteiger partial charge < -0.3 is 10.6 Å². The van der Waals surface area contributed by atoms with Gasteiger partial charge in [0.05, 0.1) is 17.0 Å². The van der Waals surface area contributed by atoms with Crippen molar-refractivity contribution in [3.05, 3.63) is 59.4 Å². The molecule has 32 heavy (non-hydrogen) atoms. The zero-order valence-electron chi connectivity index (χ0n) is 17.4. The molecule has 0 aliphatic carbocycles. The van der Waals surface area contributed by atoms with Crippen molar-refractivity contribution < 1.29 is 13.2 Å². The van der Waals surface area contributed by atoms with E-state index in [1.165, 1.54) is 18.5 Å². The normalized spacial score (nSPS) is 16.2. The maximum Gasteiger partial charge on any atom is 0.266 e. The molecule has 166 valence electrons. The first-order chi connectivity index (χ1) is 15.5. The van der Waals surface area contributed by atoms with Crippen LogP contribution in [0.5, 0.6) is 0 Å². The number of aromatic nitrogens is 5. The van der Waals surface area contributed by atoms with Gasteiger partial charge in [-0.05, 0) is 44.8 Å². The van der Waals surface area contributed by atoms with Crippen LogP contribution in [0.2, 0.25) is 0 Å². The molecule has 2 N–H and O–H groups in total. The predicted octanol–water partition coefficient (Wildman–Crippen LogP) is 4.39. The van der Waals surface area contributed by atoms with Gasteiger partial charge in [0.25, 0.3) is 6.43 Å². The molecule has 7 nitrogen and oxygen atoms in total. The number of nitrogens with zero attached hydrogens (tertiary/aromatic N) is 5. The molecule has 1 aromatic carbocycles. The lowest BCUT2D eigenvalue weighted by Gasteiger charge is -2.24. The van der Waals surface area contributed by atoms with Gasteiger partial charge in [0.15, 0.2) is 11.3 Å². The summed E-state index contributed by atoms with van der Waals surface area (Å²) >= 11 is 0. The Morgan fingerprint density at radius 2 is 1.91 bits per heavy atom. The average molecular weight is 441 g/mol. The van der Waals surface area contributed by atoms with Gasteiger partial charge in [-0.2, -0.15) is 0 Å². The summed E-state index contributed by atoms with van der Waals surface area (Å²) in [6.07, 6.45) is 2.11. The zero-order valence-corrected chi connectivity index (χ0v) is 17.4. The third-order valence-electron chi connectivity index (χ3n) is 6.09. The number of piperidine rings is 1. The van der Waals surface area contributed by atoms with Crippen LogP contribution in [-0.4, -0.2) is 37.7 Å². The number of hydrogen-bond donors (Lipinski definition) is 2. The topological polar surface area (TPSA) is 80.0 Å². The molecule has 0 amide bonds. The number of fused-ring (bicyclic) bond motifs is 3. The van der Waals surface area contributed by atoms with E-state index < -0.39 is 23.8 Å². The molecule has 0 saturated carbocycles. The Labute approximate surface area is 182 Å². The summed E-state index contributed by atoms with van der Waals surface area (Å²) in [6.45, 7) is 3.57. The lowest BCUT2D eigenvalue weighted by molar-refractivity contribution is 0.146. The van der Waals surface area contributed by atoms with E-state index in [0.717, 1.165) is 48.6 Å². The van der Waals surface area contributed by atoms with Gasteiger partial charge in [-0.1, -0.05) is 18.2 Å². The van der Waals surface area contributed by atoms with E-state index in [2.05, 4.69) is 30.8 Å². The molecule has 4 heterocycles. The number of rotatable bonds is 5. The van der Waals surface area contributed by atoms with E-state index in [9.17, 15) is 13.2 Å². The lowest BCUT2D eigenvalue weighted by atomic mass is 9.90. The summed E-state index contributed by atoms with van der Waals surface area (Å²) in [4.78, 5) is 8.79. The molecule has 0 spiro atoms. The van der Waals surface area contributed by atoms with Crippen molar-refractivity contribution in [1.82, 2.24) is 29.9 Å². The summed E-state index contributed by atoms with van der Waals surface area (Å²) in [6, 6.07) is 5.47. The first kappa shape index (κ1) is 20.6. The highest BCUT2D eigenvalue weighted by Crippen LogP contribution is 2.34. The Balaban J connectivity index is 1.58. The van der Waals surface area contributed by atoms with Crippen LogP contribution in [0.1, 0.15) is 54.8 Å². The number of hydrogen-bond acceptors (Lipinski definition) is 6. The minimum atomic E-state index is -2.88. The maximum absolute atomic E-state index is 14.7. The second-order valence-electron chi connectivity index (χ2n) is 8.03. The van der Waals surface area contributed by atoms with Gasteiger partial charge >= 0.3 is 0 Å². The van der Waals surface area contributed by atoms with Gasteiger partial charge in [-0.3, -0.25) is 4.40 Å². The summed E-state index contributed by atoms with van der Waals surface area (Å²) in [5.41, 5.74) is 1.99. The van der Waals surface area contributed by atoms with Crippen LogP contribution in [0.3, 0.4) is 0 Å². The van der Waals surface area contributed by atoms with Gasteiger partial charge in [0.1, 0.15) is 24.3 Å². The predicted molar refractivity (Wildman–Crippen MR) is 114 cm³/mol. The Morgan fingerprint density at radius 3 is 2.69 bits per heavy atom. The van der Waals surface area contributed by atoms with Crippen LogP contribution < -0.4 is 10.6 Å². The quantitative estimate of drug-likeness (QED) is 0.478. The summed E-state index contributed by atoms with van der Waals surface area (Å²) < 4.78 is 42.8. The number of anilines is 1. The van der Waals surface area contributed by atoms with Crippen LogP contribution >= 0.6 is 0 Å². The Bertz CT molecular complexity index is 1270. The van der Waals surface area contributed by atoms with Crippen LogP contribution in [0.4, 0.5) is 19.0 Å². The van der Waals surface area contributed by atoms with Gasteiger partial charge in [0.2, 0.25) is 0 Å². The molecule has 1 fully saturated rings.